The van der Waals surface area contributed by atoms with Gasteiger partial charge in [-0.25, -0.2) is 0 Å². The molecule has 0 aliphatic carbocycles. The van der Waals surface area contributed by atoms with Crippen LogP contribution in [0.4, 0.5) is 0 Å². The average molecular weight is 501 g/mol. The Morgan fingerprint density at radius 1 is 0.750 bits per heavy atom. The topological polar surface area (TPSA) is 121 Å². The number of hydrogen-bond acceptors (Lipinski definition) is 6. The summed E-state index contributed by atoms with van der Waals surface area (Å²) in [6.45, 7) is 12.5. The molecular weight excluding hydrogens is 456 g/mol. The van der Waals surface area contributed by atoms with Gasteiger partial charge in [0.2, 0.25) is 0 Å². The summed E-state index contributed by atoms with van der Waals surface area (Å²) >= 11 is 0. The van der Waals surface area contributed by atoms with Crippen LogP contribution in [-0.4, -0.2) is 66.8 Å². The second-order valence-electron chi connectivity index (χ2n) is 10.4. The Balaban J connectivity index is 2.71. The summed E-state index contributed by atoms with van der Waals surface area (Å²) in [5, 5.41) is 66.8. The van der Waals surface area contributed by atoms with Gasteiger partial charge in [0.05, 0.1) is 6.61 Å². The number of allylic oxidation sites excluding steroid dienone is 1. The van der Waals surface area contributed by atoms with Gasteiger partial charge in [-0.15, -0.1) is 0 Å². The van der Waals surface area contributed by atoms with Gasteiger partial charge in [-0.05, 0) is 99.4 Å². The number of rotatable bonds is 11. The zero-order chi connectivity index (χ0) is 27.4. The van der Waals surface area contributed by atoms with Crippen LogP contribution in [0, 0.1) is 41.5 Å². The lowest BCUT2D eigenvalue weighted by Gasteiger charge is -2.46. The summed E-state index contributed by atoms with van der Waals surface area (Å²) in [4.78, 5) is 0. The molecule has 2 rings (SSSR count). The largest absolute Gasteiger partial charge is 0.394 e. The molecule has 6 nitrogen and oxygen atoms in total. The maximum Gasteiger partial charge on any atom is 0.126 e. The predicted octanol–water partition coefficient (Wildman–Crippen LogP) is 2.83. The number of hydrogen-bond donors (Lipinski definition) is 6. The molecule has 0 aromatic heterocycles. The maximum atomic E-state index is 12.0. The van der Waals surface area contributed by atoms with Gasteiger partial charge < -0.3 is 30.6 Å². The first-order chi connectivity index (χ1) is 16.7. The Hall–Kier alpha value is -2.06. The lowest BCUT2D eigenvalue weighted by atomic mass is 9.70. The fourth-order valence-corrected chi connectivity index (χ4v) is 5.02. The Morgan fingerprint density at radius 3 is 1.64 bits per heavy atom. The Kier molecular flexibility index (Phi) is 10.0. The van der Waals surface area contributed by atoms with Crippen molar-refractivity contribution < 1.29 is 30.6 Å². The molecule has 0 saturated heterocycles. The monoisotopic (exact) mass is 500 g/mol. The summed E-state index contributed by atoms with van der Waals surface area (Å²) in [6.07, 6.45) is -2.24. The van der Waals surface area contributed by atoms with Crippen LogP contribution in [0.2, 0.25) is 0 Å². The molecule has 0 amide bonds. The normalized spacial score (nSPS) is 18.0. The molecule has 0 heterocycles. The van der Waals surface area contributed by atoms with E-state index in [2.05, 4.69) is 0 Å². The third kappa shape index (κ3) is 6.08. The van der Waals surface area contributed by atoms with Gasteiger partial charge in [-0.3, -0.25) is 0 Å². The van der Waals surface area contributed by atoms with Gasteiger partial charge >= 0.3 is 0 Å². The van der Waals surface area contributed by atoms with Crippen molar-refractivity contribution in [3.63, 3.8) is 0 Å². The summed E-state index contributed by atoms with van der Waals surface area (Å²) in [6, 6.07) is 7.80. The van der Waals surface area contributed by atoms with Crippen LogP contribution < -0.4 is 0 Å². The maximum absolute atomic E-state index is 12.0. The molecule has 5 atom stereocenters. The second-order valence-corrected chi connectivity index (χ2v) is 10.4. The molecule has 6 heteroatoms. The average Bonchev–Trinajstić information content (AvgIpc) is 2.86. The van der Waals surface area contributed by atoms with E-state index in [-0.39, 0.29) is 19.3 Å². The number of benzene rings is 2. The molecule has 0 aliphatic rings. The zero-order valence-electron chi connectivity index (χ0n) is 22.7. The first-order valence-corrected chi connectivity index (χ1v) is 12.6. The molecule has 200 valence electrons. The quantitative estimate of drug-likeness (QED) is 0.264. The molecule has 1 unspecified atom stereocenters. The van der Waals surface area contributed by atoms with Gasteiger partial charge in [0.15, 0.2) is 0 Å². The minimum absolute atomic E-state index is 0.00746. The molecule has 2 aromatic rings. The van der Waals surface area contributed by atoms with Crippen molar-refractivity contribution in [2.24, 2.45) is 0 Å². The molecule has 0 aliphatic heterocycles. The van der Waals surface area contributed by atoms with Crippen molar-refractivity contribution >= 4 is 0 Å². The second kappa shape index (κ2) is 12.0. The van der Waals surface area contributed by atoms with E-state index < -0.39 is 36.1 Å². The summed E-state index contributed by atoms with van der Waals surface area (Å²) in [5.74, 6) is 0. The Bertz CT molecular complexity index is 1080. The van der Waals surface area contributed by atoms with Gasteiger partial charge in [-0.2, -0.15) is 0 Å². The molecule has 0 radical (unpaired) electrons. The highest BCUT2D eigenvalue weighted by molar-refractivity contribution is 5.42. The summed E-state index contributed by atoms with van der Waals surface area (Å²) < 4.78 is 0. The fraction of sp³-hybridized carbons (Fsp3) is 0.533. The summed E-state index contributed by atoms with van der Waals surface area (Å²) in [7, 11) is 0. The van der Waals surface area contributed by atoms with Crippen LogP contribution in [-0.2, 0) is 12.8 Å². The Morgan fingerprint density at radius 2 is 1.19 bits per heavy atom. The highest BCUT2D eigenvalue weighted by atomic mass is 16.4. The summed E-state index contributed by atoms with van der Waals surface area (Å²) in [5.41, 5.74) is 2.96. The van der Waals surface area contributed by atoms with E-state index >= 15 is 0 Å². The minimum atomic E-state index is -2.37. The van der Waals surface area contributed by atoms with Gasteiger partial charge in [0, 0.05) is 12.8 Å². The minimum Gasteiger partial charge on any atom is -0.394 e. The first-order valence-electron chi connectivity index (χ1n) is 12.6. The number of aryl methyl sites for hydroxylation is 4. The SMILES string of the molecule is C/C=C/CC(O)(Cc1c(C)ccc(C)c1C)[C@@H](O)[C@@](O)(Cc1c(C)ccc(C)c1C)[C@H](O)[C@@H](O)CO. The molecule has 0 bridgehead atoms. The van der Waals surface area contributed by atoms with Crippen molar-refractivity contribution in [1.82, 2.24) is 0 Å². The van der Waals surface area contributed by atoms with E-state index in [1.165, 1.54) is 0 Å². The molecule has 0 fully saturated rings. The van der Waals surface area contributed by atoms with E-state index in [9.17, 15) is 30.6 Å². The van der Waals surface area contributed by atoms with E-state index in [4.69, 9.17) is 0 Å². The van der Waals surface area contributed by atoms with Crippen LogP contribution in [0.25, 0.3) is 0 Å². The molecule has 36 heavy (non-hydrogen) atoms. The fourth-order valence-electron chi connectivity index (χ4n) is 5.02. The van der Waals surface area contributed by atoms with Crippen molar-refractivity contribution in [1.29, 1.82) is 0 Å². The van der Waals surface area contributed by atoms with Crippen molar-refractivity contribution in [3.8, 4) is 0 Å². The molecule has 6 N–H and O–H groups in total. The van der Waals surface area contributed by atoms with Gasteiger partial charge in [0.25, 0.3) is 0 Å². The van der Waals surface area contributed by atoms with Crippen LogP contribution in [0.1, 0.15) is 57.9 Å². The lowest BCUT2D eigenvalue weighted by molar-refractivity contribution is -0.228. The highest BCUT2D eigenvalue weighted by Gasteiger charge is 2.54. The van der Waals surface area contributed by atoms with Crippen LogP contribution >= 0.6 is 0 Å². The van der Waals surface area contributed by atoms with E-state index in [1.807, 2.05) is 65.8 Å². The van der Waals surface area contributed by atoms with E-state index in [0.29, 0.717) is 5.56 Å². The van der Waals surface area contributed by atoms with Crippen LogP contribution in [0.15, 0.2) is 36.4 Å². The Labute approximate surface area is 215 Å². The molecule has 2 aromatic carbocycles. The van der Waals surface area contributed by atoms with Crippen molar-refractivity contribution in [2.45, 2.75) is 97.2 Å². The molecular formula is C30H44O6. The number of aliphatic hydroxyl groups is 6. The third-order valence-electron chi connectivity index (χ3n) is 7.90. The van der Waals surface area contributed by atoms with E-state index in [1.54, 1.807) is 19.1 Å². The van der Waals surface area contributed by atoms with E-state index in [0.717, 1.165) is 38.9 Å². The van der Waals surface area contributed by atoms with Crippen LogP contribution in [0.5, 0.6) is 0 Å². The smallest absolute Gasteiger partial charge is 0.126 e. The molecule has 0 spiro atoms. The predicted molar refractivity (Wildman–Crippen MR) is 143 cm³/mol. The molecule has 0 saturated carbocycles. The first kappa shape index (κ1) is 30.2. The standard InChI is InChI=1S/C30H44O6/c1-8-9-14-29(35,15-24-20(4)12-10-18(2)22(24)6)28(34)30(36,27(33)26(32)17-31)16-25-21(5)13-11-19(3)23(25)7/h8-13,26-28,31-36H,14-17H2,1-7H3/b9-8+/t26-,27+,28+,29?,30+/m0/s1. The van der Waals surface area contributed by atoms with Gasteiger partial charge in [0.1, 0.15) is 29.5 Å². The third-order valence-corrected chi connectivity index (χ3v) is 7.90. The van der Waals surface area contributed by atoms with Crippen molar-refractivity contribution in [2.75, 3.05) is 6.61 Å². The lowest BCUT2D eigenvalue weighted by Crippen LogP contribution is -2.66. The van der Waals surface area contributed by atoms with Crippen LogP contribution in [0.3, 0.4) is 0 Å². The van der Waals surface area contributed by atoms with Gasteiger partial charge in [-0.1, -0.05) is 36.4 Å². The van der Waals surface area contributed by atoms with Crippen molar-refractivity contribution in [3.05, 3.63) is 80.9 Å². The highest BCUT2D eigenvalue weighted by Crippen LogP contribution is 2.37. The number of aliphatic hydroxyl groups excluding tert-OH is 4. The zero-order valence-corrected chi connectivity index (χ0v) is 22.7.